The molecular weight excluding hydrogens is 470 g/mol. The SMILES string of the molecule is COc1cc([C@@H]2[C@H](C)N[C@]3(C(=O)Nc4ccccc43)[C@@H]2[N+](=O)[O-])ccc1OCc1ccc(Cl)cc1. The van der Waals surface area contributed by atoms with Gasteiger partial charge in [0.1, 0.15) is 6.61 Å². The van der Waals surface area contributed by atoms with Crippen molar-refractivity contribution in [2.24, 2.45) is 0 Å². The van der Waals surface area contributed by atoms with Crippen molar-refractivity contribution in [3.63, 3.8) is 0 Å². The van der Waals surface area contributed by atoms with Gasteiger partial charge in [-0.3, -0.25) is 20.2 Å². The van der Waals surface area contributed by atoms with Crippen LogP contribution in [0.15, 0.2) is 66.7 Å². The number of anilines is 1. The number of carbonyl (C=O) groups excluding carboxylic acids is 1. The Bertz CT molecular complexity index is 1300. The zero-order chi connectivity index (χ0) is 24.7. The van der Waals surface area contributed by atoms with Gasteiger partial charge in [0.05, 0.1) is 13.0 Å². The van der Waals surface area contributed by atoms with E-state index in [4.69, 9.17) is 21.1 Å². The normalized spacial score (nSPS) is 24.8. The Labute approximate surface area is 207 Å². The van der Waals surface area contributed by atoms with E-state index in [2.05, 4.69) is 10.6 Å². The first-order chi connectivity index (χ1) is 16.8. The van der Waals surface area contributed by atoms with Crippen molar-refractivity contribution in [3.05, 3.63) is 98.6 Å². The van der Waals surface area contributed by atoms with Crippen molar-refractivity contribution >= 4 is 23.2 Å². The Kier molecular flexibility index (Phi) is 5.86. The third kappa shape index (κ3) is 3.79. The van der Waals surface area contributed by atoms with E-state index < -0.39 is 23.4 Å². The number of para-hydroxylation sites is 1. The number of ether oxygens (including phenoxy) is 2. The number of fused-ring (bicyclic) bond motifs is 2. The molecule has 0 aromatic heterocycles. The molecule has 2 aliphatic rings. The number of amides is 1. The van der Waals surface area contributed by atoms with E-state index in [1.54, 1.807) is 54.6 Å². The van der Waals surface area contributed by atoms with Crippen molar-refractivity contribution in [2.75, 3.05) is 12.4 Å². The summed E-state index contributed by atoms with van der Waals surface area (Å²) in [5.74, 6) is -0.0186. The summed E-state index contributed by atoms with van der Waals surface area (Å²) in [6, 6.07) is 18.2. The first-order valence-electron chi connectivity index (χ1n) is 11.2. The molecule has 180 valence electrons. The number of nitro groups is 1. The largest absolute Gasteiger partial charge is 0.493 e. The standard InChI is InChI=1S/C26H24ClN3O5/c1-15-23(24(30(32)33)26(29-15)19-5-3-4-6-20(19)28-25(26)31)17-9-12-21(22(13-17)34-2)35-14-16-7-10-18(27)11-8-16/h3-13,15,23-24,29H,14H2,1-2H3,(H,28,31)/t15-,23-,24+,26-/m0/s1. The van der Waals surface area contributed by atoms with E-state index in [1.807, 2.05) is 19.1 Å². The Morgan fingerprint density at radius 2 is 1.83 bits per heavy atom. The summed E-state index contributed by atoms with van der Waals surface area (Å²) >= 11 is 5.94. The van der Waals surface area contributed by atoms with Crippen LogP contribution in [0.5, 0.6) is 11.5 Å². The second-order valence-electron chi connectivity index (χ2n) is 8.82. The molecule has 4 atom stereocenters. The molecule has 1 spiro atoms. The van der Waals surface area contributed by atoms with E-state index in [1.165, 1.54) is 7.11 Å². The molecule has 2 aliphatic heterocycles. The Morgan fingerprint density at radius 1 is 1.09 bits per heavy atom. The molecule has 3 aromatic rings. The van der Waals surface area contributed by atoms with E-state index in [0.29, 0.717) is 39.9 Å². The van der Waals surface area contributed by atoms with E-state index in [-0.39, 0.29) is 11.0 Å². The molecule has 2 N–H and O–H groups in total. The predicted octanol–water partition coefficient (Wildman–Crippen LogP) is 4.50. The molecule has 0 aliphatic carbocycles. The van der Waals surface area contributed by atoms with E-state index in [9.17, 15) is 14.9 Å². The lowest BCUT2D eigenvalue weighted by Gasteiger charge is -2.25. The maximum Gasteiger partial charge on any atom is 0.256 e. The number of halogens is 1. The van der Waals surface area contributed by atoms with Crippen LogP contribution < -0.4 is 20.1 Å². The number of nitrogens with zero attached hydrogens (tertiary/aromatic N) is 1. The minimum atomic E-state index is -1.46. The molecule has 0 radical (unpaired) electrons. The van der Waals surface area contributed by atoms with Crippen molar-refractivity contribution in [2.45, 2.75) is 37.1 Å². The smallest absolute Gasteiger partial charge is 0.256 e. The molecule has 3 aromatic carbocycles. The van der Waals surface area contributed by atoms with Crippen LogP contribution in [0.4, 0.5) is 5.69 Å². The molecular formula is C26H24ClN3O5. The molecule has 0 saturated carbocycles. The lowest BCUT2D eigenvalue weighted by molar-refractivity contribution is -0.532. The molecule has 9 heteroatoms. The van der Waals surface area contributed by atoms with Crippen LogP contribution in [0.25, 0.3) is 0 Å². The summed E-state index contributed by atoms with van der Waals surface area (Å²) in [7, 11) is 1.53. The second-order valence-corrected chi connectivity index (χ2v) is 9.26. The average molecular weight is 494 g/mol. The van der Waals surface area contributed by atoms with Gasteiger partial charge < -0.3 is 14.8 Å². The van der Waals surface area contributed by atoms with Crippen molar-refractivity contribution in [3.8, 4) is 11.5 Å². The summed E-state index contributed by atoms with van der Waals surface area (Å²) in [6.07, 6.45) is 0. The highest BCUT2D eigenvalue weighted by atomic mass is 35.5. The minimum Gasteiger partial charge on any atom is -0.493 e. The summed E-state index contributed by atoms with van der Waals surface area (Å²) in [5.41, 5.74) is 1.36. The summed E-state index contributed by atoms with van der Waals surface area (Å²) < 4.78 is 11.5. The average Bonchev–Trinajstić information content (AvgIpc) is 3.32. The van der Waals surface area contributed by atoms with Gasteiger partial charge in [-0.2, -0.15) is 0 Å². The van der Waals surface area contributed by atoms with E-state index >= 15 is 0 Å². The fourth-order valence-corrected chi connectivity index (χ4v) is 5.43. The highest BCUT2D eigenvalue weighted by Gasteiger charge is 2.67. The maximum absolute atomic E-state index is 13.2. The lowest BCUT2D eigenvalue weighted by atomic mass is 9.78. The Morgan fingerprint density at radius 3 is 2.54 bits per heavy atom. The molecule has 35 heavy (non-hydrogen) atoms. The summed E-state index contributed by atoms with van der Waals surface area (Å²) in [4.78, 5) is 25.3. The van der Waals surface area contributed by atoms with Gasteiger partial charge in [-0.25, -0.2) is 0 Å². The number of methoxy groups -OCH3 is 1. The number of rotatable bonds is 6. The highest BCUT2D eigenvalue weighted by Crippen LogP contribution is 2.50. The Balaban J connectivity index is 1.48. The lowest BCUT2D eigenvalue weighted by Crippen LogP contribution is -2.54. The highest BCUT2D eigenvalue weighted by molar-refractivity contribution is 6.30. The minimum absolute atomic E-state index is 0.311. The molecule has 1 amide bonds. The number of hydrogen-bond donors (Lipinski definition) is 2. The summed E-state index contributed by atoms with van der Waals surface area (Å²) in [6.45, 7) is 2.17. The zero-order valence-electron chi connectivity index (χ0n) is 19.2. The van der Waals surface area contributed by atoms with Crippen molar-refractivity contribution in [1.82, 2.24) is 5.32 Å². The van der Waals surface area contributed by atoms with Crippen LogP contribution in [-0.4, -0.2) is 30.0 Å². The first kappa shape index (κ1) is 23.1. The number of nitrogens with one attached hydrogen (secondary N) is 2. The van der Waals surface area contributed by atoms with Gasteiger partial charge >= 0.3 is 0 Å². The molecule has 5 rings (SSSR count). The van der Waals surface area contributed by atoms with Gasteiger partial charge in [0, 0.05) is 27.2 Å². The van der Waals surface area contributed by atoms with Crippen LogP contribution in [0, 0.1) is 10.1 Å². The maximum atomic E-state index is 13.2. The van der Waals surface area contributed by atoms with Crippen LogP contribution in [0.2, 0.25) is 5.02 Å². The van der Waals surface area contributed by atoms with Crippen LogP contribution in [0.1, 0.15) is 29.5 Å². The fourth-order valence-electron chi connectivity index (χ4n) is 5.31. The molecule has 1 saturated heterocycles. The predicted molar refractivity (Wildman–Crippen MR) is 132 cm³/mol. The van der Waals surface area contributed by atoms with E-state index in [0.717, 1.165) is 5.56 Å². The first-order valence-corrected chi connectivity index (χ1v) is 11.6. The molecule has 1 fully saturated rings. The molecule has 0 unspecified atom stereocenters. The topological polar surface area (TPSA) is 103 Å². The second kappa shape index (κ2) is 8.87. The molecule has 0 bridgehead atoms. The molecule has 8 nitrogen and oxygen atoms in total. The van der Waals surface area contributed by atoms with Crippen LogP contribution in [0.3, 0.4) is 0 Å². The third-order valence-corrected chi connectivity index (χ3v) is 7.10. The zero-order valence-corrected chi connectivity index (χ0v) is 19.9. The summed E-state index contributed by atoms with van der Waals surface area (Å²) in [5, 5.41) is 19.2. The van der Waals surface area contributed by atoms with Gasteiger partial charge in [-0.05, 0) is 48.4 Å². The fraction of sp³-hybridized carbons (Fsp3) is 0.269. The number of carbonyl (C=O) groups is 1. The number of hydrogen-bond acceptors (Lipinski definition) is 6. The quantitative estimate of drug-likeness (QED) is 0.387. The number of benzene rings is 3. The van der Waals surface area contributed by atoms with Crippen LogP contribution >= 0.6 is 11.6 Å². The van der Waals surface area contributed by atoms with Gasteiger partial charge in [0.15, 0.2) is 17.0 Å². The van der Waals surface area contributed by atoms with Gasteiger partial charge in [0.2, 0.25) is 0 Å². The van der Waals surface area contributed by atoms with Crippen molar-refractivity contribution in [1.29, 1.82) is 0 Å². The Hall–Kier alpha value is -3.62. The third-order valence-electron chi connectivity index (χ3n) is 6.84. The van der Waals surface area contributed by atoms with Crippen LogP contribution in [-0.2, 0) is 16.9 Å². The van der Waals surface area contributed by atoms with Gasteiger partial charge in [-0.1, -0.05) is 48.0 Å². The van der Waals surface area contributed by atoms with Gasteiger partial charge in [-0.15, -0.1) is 0 Å². The van der Waals surface area contributed by atoms with Crippen molar-refractivity contribution < 1.29 is 19.2 Å². The monoisotopic (exact) mass is 493 g/mol. The molecule has 2 heterocycles. The van der Waals surface area contributed by atoms with Gasteiger partial charge in [0.25, 0.3) is 11.9 Å².